The lowest BCUT2D eigenvalue weighted by Gasteiger charge is -2.37. The van der Waals surface area contributed by atoms with Gasteiger partial charge >= 0.3 is 0 Å². The van der Waals surface area contributed by atoms with Gasteiger partial charge in [0.2, 0.25) is 0 Å². The van der Waals surface area contributed by atoms with E-state index in [2.05, 4.69) is 0 Å². The second-order valence-corrected chi connectivity index (χ2v) is 6.50. The van der Waals surface area contributed by atoms with Crippen molar-refractivity contribution in [3.05, 3.63) is 23.3 Å². The molecule has 22 heavy (non-hydrogen) atoms. The van der Waals surface area contributed by atoms with Crippen LogP contribution >= 0.6 is 0 Å². The second kappa shape index (κ2) is 4.48. The first-order valence-corrected chi connectivity index (χ1v) is 7.72. The van der Waals surface area contributed by atoms with Crippen LogP contribution in [0.3, 0.4) is 0 Å². The van der Waals surface area contributed by atoms with Crippen LogP contribution in [0.15, 0.2) is 12.1 Å². The van der Waals surface area contributed by atoms with Crippen molar-refractivity contribution in [3.63, 3.8) is 0 Å². The number of carbonyl (C=O) groups is 2. The van der Waals surface area contributed by atoms with E-state index < -0.39 is 0 Å². The van der Waals surface area contributed by atoms with Gasteiger partial charge < -0.3 is 14.4 Å². The molecular weight excluding hydrogens is 282 g/mol. The molecule has 2 heterocycles. The van der Waals surface area contributed by atoms with Gasteiger partial charge in [0, 0.05) is 43.0 Å². The minimum Gasteiger partial charge on any atom is -0.493 e. The van der Waals surface area contributed by atoms with Crippen molar-refractivity contribution in [3.8, 4) is 11.5 Å². The zero-order chi connectivity index (χ0) is 15.5. The van der Waals surface area contributed by atoms with E-state index >= 15 is 0 Å². The number of rotatable bonds is 1. The van der Waals surface area contributed by atoms with E-state index in [-0.39, 0.29) is 23.2 Å². The predicted octanol–water partition coefficient (Wildman–Crippen LogP) is 1.92. The van der Waals surface area contributed by atoms with Gasteiger partial charge in [0.25, 0.3) is 5.91 Å². The quantitative estimate of drug-likeness (QED) is 0.795. The average Bonchev–Trinajstić information content (AvgIpc) is 2.80. The van der Waals surface area contributed by atoms with E-state index in [4.69, 9.17) is 9.47 Å². The zero-order valence-electron chi connectivity index (χ0n) is 12.8. The largest absolute Gasteiger partial charge is 0.493 e. The molecule has 1 saturated carbocycles. The van der Waals surface area contributed by atoms with Crippen molar-refractivity contribution in [2.24, 2.45) is 0 Å². The number of amides is 1. The lowest BCUT2D eigenvalue weighted by atomic mass is 9.65. The molecule has 0 unspecified atom stereocenters. The SMILES string of the molecule is COc1ccc2c3c1O[C@H]1CC(=O)CC[C@]31CCN(C)C2=O. The fraction of sp³-hybridized carbons (Fsp3) is 0.529. The van der Waals surface area contributed by atoms with Crippen molar-refractivity contribution >= 4 is 11.7 Å². The number of ketones is 1. The first-order chi connectivity index (χ1) is 10.6. The van der Waals surface area contributed by atoms with Gasteiger partial charge in [-0.05, 0) is 25.0 Å². The number of hydrogen-bond donors (Lipinski definition) is 0. The van der Waals surface area contributed by atoms with Crippen LogP contribution in [0.1, 0.15) is 41.6 Å². The Labute approximate surface area is 129 Å². The fourth-order valence-corrected chi connectivity index (χ4v) is 4.21. The molecule has 1 aliphatic carbocycles. The monoisotopic (exact) mass is 301 g/mol. The Hall–Kier alpha value is -2.04. The molecule has 1 fully saturated rings. The highest BCUT2D eigenvalue weighted by molar-refractivity contribution is 5.98. The van der Waals surface area contributed by atoms with Crippen molar-refractivity contribution < 1.29 is 19.1 Å². The van der Waals surface area contributed by atoms with Crippen LogP contribution < -0.4 is 9.47 Å². The van der Waals surface area contributed by atoms with E-state index in [0.29, 0.717) is 36.4 Å². The molecule has 1 aromatic carbocycles. The van der Waals surface area contributed by atoms with Crippen LogP contribution in [0.2, 0.25) is 0 Å². The van der Waals surface area contributed by atoms with Gasteiger partial charge in [-0.1, -0.05) is 0 Å². The number of benzene rings is 1. The van der Waals surface area contributed by atoms with Gasteiger partial charge in [0.1, 0.15) is 11.9 Å². The topological polar surface area (TPSA) is 55.8 Å². The lowest BCUT2D eigenvalue weighted by molar-refractivity contribution is -0.124. The van der Waals surface area contributed by atoms with Gasteiger partial charge in [-0.2, -0.15) is 0 Å². The van der Waals surface area contributed by atoms with Gasteiger partial charge in [0.05, 0.1) is 7.11 Å². The number of methoxy groups -OCH3 is 1. The highest BCUT2D eigenvalue weighted by Crippen LogP contribution is 2.56. The highest BCUT2D eigenvalue weighted by Gasteiger charge is 2.55. The summed E-state index contributed by atoms with van der Waals surface area (Å²) in [6.07, 6.45) is 2.41. The Balaban J connectivity index is 1.97. The first kappa shape index (κ1) is 13.6. The summed E-state index contributed by atoms with van der Waals surface area (Å²) in [6.45, 7) is 0.684. The molecule has 2 aliphatic heterocycles. The van der Waals surface area contributed by atoms with E-state index in [1.54, 1.807) is 18.1 Å². The molecule has 1 spiro atoms. The summed E-state index contributed by atoms with van der Waals surface area (Å²) in [4.78, 5) is 26.3. The van der Waals surface area contributed by atoms with Crippen LogP contribution in [0.4, 0.5) is 0 Å². The number of hydrogen-bond acceptors (Lipinski definition) is 4. The maximum atomic E-state index is 12.7. The molecular formula is C17H19NO4. The maximum absolute atomic E-state index is 12.7. The van der Waals surface area contributed by atoms with Gasteiger partial charge in [0.15, 0.2) is 11.5 Å². The summed E-state index contributed by atoms with van der Waals surface area (Å²) in [6, 6.07) is 3.63. The first-order valence-electron chi connectivity index (χ1n) is 7.72. The normalized spacial score (nSPS) is 29.5. The van der Waals surface area contributed by atoms with Crippen LogP contribution in [0, 0.1) is 0 Å². The van der Waals surface area contributed by atoms with Crippen molar-refractivity contribution in [1.82, 2.24) is 4.90 Å². The van der Waals surface area contributed by atoms with Gasteiger partial charge in [-0.25, -0.2) is 0 Å². The van der Waals surface area contributed by atoms with Crippen molar-refractivity contribution in [2.75, 3.05) is 20.7 Å². The Morgan fingerprint density at radius 1 is 1.32 bits per heavy atom. The molecule has 5 heteroatoms. The Kier molecular flexibility index (Phi) is 2.77. The van der Waals surface area contributed by atoms with Gasteiger partial charge in [-0.15, -0.1) is 0 Å². The molecule has 2 atom stereocenters. The number of nitrogens with zero attached hydrogens (tertiary/aromatic N) is 1. The predicted molar refractivity (Wildman–Crippen MR) is 79.5 cm³/mol. The third kappa shape index (κ3) is 1.59. The van der Waals surface area contributed by atoms with Crippen LogP contribution in [-0.4, -0.2) is 43.4 Å². The van der Waals surface area contributed by atoms with E-state index in [0.717, 1.165) is 18.4 Å². The molecule has 0 bridgehead atoms. The van der Waals surface area contributed by atoms with Crippen molar-refractivity contribution in [2.45, 2.75) is 37.2 Å². The number of carbonyl (C=O) groups excluding carboxylic acids is 2. The highest BCUT2D eigenvalue weighted by atomic mass is 16.5. The summed E-state index contributed by atoms with van der Waals surface area (Å²) in [5.74, 6) is 1.59. The Morgan fingerprint density at radius 3 is 2.91 bits per heavy atom. The summed E-state index contributed by atoms with van der Waals surface area (Å²) in [7, 11) is 3.44. The third-order valence-corrected chi connectivity index (χ3v) is 5.45. The molecule has 0 saturated heterocycles. The third-order valence-electron chi connectivity index (χ3n) is 5.45. The maximum Gasteiger partial charge on any atom is 0.254 e. The van der Waals surface area contributed by atoms with Crippen molar-refractivity contribution in [1.29, 1.82) is 0 Å². The molecule has 1 amide bonds. The molecule has 116 valence electrons. The summed E-state index contributed by atoms with van der Waals surface area (Å²) in [5.41, 5.74) is 1.44. The molecule has 1 aromatic rings. The van der Waals surface area contributed by atoms with Crippen LogP contribution in [-0.2, 0) is 10.2 Å². The number of ether oxygens (including phenoxy) is 2. The average molecular weight is 301 g/mol. The molecule has 0 N–H and O–H groups in total. The van der Waals surface area contributed by atoms with Crippen LogP contribution in [0.5, 0.6) is 11.5 Å². The van der Waals surface area contributed by atoms with Crippen LogP contribution in [0.25, 0.3) is 0 Å². The summed E-state index contributed by atoms with van der Waals surface area (Å²) < 4.78 is 11.6. The zero-order valence-corrected chi connectivity index (χ0v) is 12.8. The molecule has 0 radical (unpaired) electrons. The van der Waals surface area contributed by atoms with Gasteiger partial charge in [-0.3, -0.25) is 9.59 Å². The second-order valence-electron chi connectivity index (χ2n) is 6.50. The summed E-state index contributed by atoms with van der Waals surface area (Å²) in [5, 5.41) is 0. The minimum atomic E-state index is -0.229. The molecule has 4 rings (SSSR count). The molecule has 0 aromatic heterocycles. The lowest BCUT2D eigenvalue weighted by Crippen LogP contribution is -2.44. The van der Waals surface area contributed by atoms with E-state index in [9.17, 15) is 9.59 Å². The smallest absolute Gasteiger partial charge is 0.254 e. The Morgan fingerprint density at radius 2 is 2.14 bits per heavy atom. The molecule has 5 nitrogen and oxygen atoms in total. The summed E-state index contributed by atoms with van der Waals surface area (Å²) >= 11 is 0. The minimum absolute atomic E-state index is 0.0249. The standard InChI is InChI=1S/C17H19NO4/c1-18-8-7-17-6-5-10(19)9-13(17)22-15-12(21-2)4-3-11(14(15)17)16(18)20/h3-4,13H,5-9H2,1-2H3/t13-,17+/m0/s1. The van der Waals surface area contributed by atoms with E-state index in [1.807, 2.05) is 13.1 Å². The van der Waals surface area contributed by atoms with E-state index in [1.165, 1.54) is 0 Å². The fourth-order valence-electron chi connectivity index (χ4n) is 4.21. The molecule has 3 aliphatic rings. The Bertz CT molecular complexity index is 683. The number of Topliss-reactive ketones (excluding diaryl/α,β-unsaturated/α-hetero) is 1.